The van der Waals surface area contributed by atoms with Crippen molar-refractivity contribution < 1.29 is 0 Å². The van der Waals surface area contributed by atoms with Gasteiger partial charge in [0.15, 0.2) is 0 Å². The molecule has 2 heteroatoms. The average Bonchev–Trinajstić information content (AvgIpc) is 2.50. The van der Waals surface area contributed by atoms with Crippen LogP contribution < -0.4 is 0 Å². The molecule has 1 nitrogen and oxygen atoms in total. The predicted molar refractivity (Wildman–Crippen MR) is 100 cm³/mol. The Bertz CT molecular complexity index is 322. The minimum absolute atomic E-state index is 0. The lowest BCUT2D eigenvalue weighted by molar-refractivity contribution is 0.204. The van der Waals surface area contributed by atoms with Crippen LogP contribution in [0.2, 0.25) is 0 Å². The number of halogens is 1. The van der Waals surface area contributed by atoms with Crippen LogP contribution in [0.5, 0.6) is 0 Å². The Kier molecular flexibility index (Phi) is 13.1. The molecule has 0 heterocycles. The van der Waals surface area contributed by atoms with Crippen molar-refractivity contribution in [3.8, 4) is 0 Å². The molecule has 0 saturated heterocycles. The van der Waals surface area contributed by atoms with Crippen LogP contribution >= 0.6 is 17.0 Å². The first-order valence-corrected chi connectivity index (χ1v) is 8.62. The van der Waals surface area contributed by atoms with Crippen LogP contribution in [0, 0.1) is 0 Å². The highest BCUT2D eigenvalue weighted by Gasteiger charge is 2.16. The number of hydrogen-bond donors (Lipinski definition) is 0. The zero-order valence-electron chi connectivity index (χ0n) is 14.2. The molecule has 0 aliphatic rings. The van der Waals surface area contributed by atoms with Crippen LogP contribution in [0.3, 0.4) is 0 Å². The van der Waals surface area contributed by atoms with Crippen LogP contribution in [0.25, 0.3) is 0 Å². The van der Waals surface area contributed by atoms with Gasteiger partial charge in [-0.1, -0.05) is 89.6 Å². The number of hydrogen-bond acceptors (Lipinski definition) is 1. The summed E-state index contributed by atoms with van der Waals surface area (Å²) in [7, 11) is 0. The van der Waals surface area contributed by atoms with Gasteiger partial charge in [0.05, 0.1) is 0 Å². The maximum atomic E-state index is 2.60. The van der Waals surface area contributed by atoms with E-state index in [2.05, 4.69) is 56.0 Å². The summed E-state index contributed by atoms with van der Waals surface area (Å²) in [5.74, 6) is 0. The molecule has 1 aromatic rings. The van der Waals surface area contributed by atoms with Crippen LogP contribution in [-0.2, 0) is 0 Å². The zero-order chi connectivity index (χ0) is 14.6. The smallest absolute Gasteiger partial charge is 0.0347 e. The zero-order valence-corrected chi connectivity index (χ0v) is 15.9. The predicted octanol–water partition coefficient (Wildman–Crippen LogP) is 6.40. The topological polar surface area (TPSA) is 3.24 Å². The van der Waals surface area contributed by atoms with Crippen molar-refractivity contribution in [1.29, 1.82) is 0 Å². The highest BCUT2D eigenvalue weighted by Crippen LogP contribution is 2.26. The van der Waals surface area contributed by atoms with Gasteiger partial charge >= 0.3 is 0 Å². The summed E-state index contributed by atoms with van der Waals surface area (Å²) in [6.07, 6.45) is 9.62. The van der Waals surface area contributed by atoms with Gasteiger partial charge in [0.25, 0.3) is 0 Å². The number of unbranched alkanes of at least 4 members (excludes halogenated alkanes) is 5. The summed E-state index contributed by atoms with van der Waals surface area (Å²) in [5, 5.41) is 0. The monoisotopic (exact) mass is 355 g/mol. The Morgan fingerprint density at radius 1 is 0.810 bits per heavy atom. The third-order valence-electron chi connectivity index (χ3n) is 4.27. The summed E-state index contributed by atoms with van der Waals surface area (Å²) in [6, 6.07) is 11.7. The fourth-order valence-corrected chi connectivity index (χ4v) is 3.02. The number of nitrogens with zero attached hydrogens (tertiary/aromatic N) is 1. The average molecular weight is 356 g/mol. The summed E-state index contributed by atoms with van der Waals surface area (Å²) in [6.45, 7) is 9.13. The SMILES string of the molecule is Br.CCCCCCCCC(c1ccccc1)N(CC)CC. The van der Waals surface area contributed by atoms with Gasteiger partial charge in [-0.2, -0.15) is 0 Å². The standard InChI is InChI=1S/C19H33N.BrH/c1-4-7-8-9-10-14-17-19(20(5-2)6-3)18-15-12-11-13-16-18;/h11-13,15-16,19H,4-10,14,17H2,1-3H3;1H. The van der Waals surface area contributed by atoms with Crippen LogP contribution in [0.4, 0.5) is 0 Å². The fourth-order valence-electron chi connectivity index (χ4n) is 3.02. The molecule has 122 valence electrons. The molecule has 1 aromatic carbocycles. The Balaban J connectivity index is 0.00000400. The molecule has 1 unspecified atom stereocenters. The van der Waals surface area contributed by atoms with Gasteiger partial charge in [-0.3, -0.25) is 4.90 Å². The van der Waals surface area contributed by atoms with E-state index in [0.29, 0.717) is 6.04 Å². The van der Waals surface area contributed by atoms with Crippen molar-refractivity contribution in [2.45, 2.75) is 71.8 Å². The number of rotatable bonds is 11. The van der Waals surface area contributed by atoms with Gasteiger partial charge < -0.3 is 0 Å². The van der Waals surface area contributed by atoms with Gasteiger partial charge in [0.1, 0.15) is 0 Å². The van der Waals surface area contributed by atoms with E-state index in [1.807, 2.05) is 0 Å². The summed E-state index contributed by atoms with van der Waals surface area (Å²) < 4.78 is 0. The molecule has 0 N–H and O–H groups in total. The molecular formula is C19H34BrN. The molecule has 0 amide bonds. The second-order valence-electron chi connectivity index (χ2n) is 5.70. The first-order valence-electron chi connectivity index (χ1n) is 8.62. The molecule has 1 rings (SSSR count). The van der Waals surface area contributed by atoms with E-state index in [4.69, 9.17) is 0 Å². The van der Waals surface area contributed by atoms with Gasteiger partial charge in [0.2, 0.25) is 0 Å². The second-order valence-corrected chi connectivity index (χ2v) is 5.70. The molecule has 0 bridgehead atoms. The largest absolute Gasteiger partial charge is 0.297 e. The molecule has 0 spiro atoms. The maximum Gasteiger partial charge on any atom is 0.0347 e. The lowest BCUT2D eigenvalue weighted by Crippen LogP contribution is -2.28. The van der Waals surface area contributed by atoms with Crippen molar-refractivity contribution in [2.75, 3.05) is 13.1 Å². The van der Waals surface area contributed by atoms with E-state index in [1.54, 1.807) is 0 Å². The molecule has 0 saturated carbocycles. The molecule has 0 aliphatic carbocycles. The highest BCUT2D eigenvalue weighted by molar-refractivity contribution is 8.93. The van der Waals surface area contributed by atoms with E-state index in [1.165, 1.54) is 50.5 Å². The second kappa shape index (κ2) is 13.3. The summed E-state index contributed by atoms with van der Waals surface area (Å²) in [4.78, 5) is 2.60. The minimum Gasteiger partial charge on any atom is -0.297 e. The van der Waals surface area contributed by atoms with Gasteiger partial charge in [-0.15, -0.1) is 17.0 Å². The molecule has 0 aromatic heterocycles. The Hall–Kier alpha value is -0.340. The third kappa shape index (κ3) is 8.01. The molecule has 0 fully saturated rings. The first-order chi connectivity index (χ1) is 9.83. The van der Waals surface area contributed by atoms with Gasteiger partial charge in [-0.25, -0.2) is 0 Å². The highest BCUT2D eigenvalue weighted by atomic mass is 79.9. The van der Waals surface area contributed by atoms with Crippen LogP contribution in [0.15, 0.2) is 30.3 Å². The van der Waals surface area contributed by atoms with Crippen molar-refractivity contribution in [2.24, 2.45) is 0 Å². The lowest BCUT2D eigenvalue weighted by Gasteiger charge is -2.30. The van der Waals surface area contributed by atoms with E-state index < -0.39 is 0 Å². The van der Waals surface area contributed by atoms with E-state index >= 15 is 0 Å². The molecule has 0 radical (unpaired) electrons. The van der Waals surface area contributed by atoms with Gasteiger partial charge in [0, 0.05) is 6.04 Å². The molecule has 0 aliphatic heterocycles. The van der Waals surface area contributed by atoms with Crippen molar-refractivity contribution in [3.63, 3.8) is 0 Å². The quantitative estimate of drug-likeness (QED) is 0.415. The van der Waals surface area contributed by atoms with Crippen molar-refractivity contribution in [1.82, 2.24) is 4.90 Å². The van der Waals surface area contributed by atoms with E-state index in [9.17, 15) is 0 Å². The van der Waals surface area contributed by atoms with Crippen molar-refractivity contribution >= 4 is 17.0 Å². The van der Waals surface area contributed by atoms with Crippen molar-refractivity contribution in [3.05, 3.63) is 35.9 Å². The van der Waals surface area contributed by atoms with E-state index in [-0.39, 0.29) is 17.0 Å². The first kappa shape index (κ1) is 20.7. The Morgan fingerprint density at radius 3 is 1.95 bits per heavy atom. The third-order valence-corrected chi connectivity index (χ3v) is 4.27. The molecule has 21 heavy (non-hydrogen) atoms. The lowest BCUT2D eigenvalue weighted by atomic mass is 9.98. The molecular weight excluding hydrogens is 322 g/mol. The van der Waals surface area contributed by atoms with Gasteiger partial charge in [-0.05, 0) is 25.1 Å². The van der Waals surface area contributed by atoms with E-state index in [0.717, 1.165) is 13.1 Å². The Morgan fingerprint density at radius 2 is 1.38 bits per heavy atom. The maximum absolute atomic E-state index is 2.60. The fraction of sp³-hybridized carbons (Fsp3) is 0.684. The molecule has 1 atom stereocenters. The minimum atomic E-state index is 0. The number of benzene rings is 1. The summed E-state index contributed by atoms with van der Waals surface area (Å²) in [5.41, 5.74) is 1.49. The van der Waals surface area contributed by atoms with Crippen LogP contribution in [0.1, 0.15) is 77.3 Å². The Labute approximate surface area is 142 Å². The van der Waals surface area contributed by atoms with Crippen LogP contribution in [-0.4, -0.2) is 18.0 Å². The summed E-state index contributed by atoms with van der Waals surface area (Å²) >= 11 is 0. The normalized spacial score (nSPS) is 12.2.